The summed E-state index contributed by atoms with van der Waals surface area (Å²) in [4.78, 5) is 17.6. The fourth-order valence-corrected chi connectivity index (χ4v) is 7.03. The molecule has 0 radical (unpaired) electrons. The molecule has 4 fully saturated rings. The first-order valence-corrected chi connectivity index (χ1v) is 10.1. The predicted molar refractivity (Wildman–Crippen MR) is 97.4 cm³/mol. The number of nitrogens with zero attached hydrogens (tertiary/aromatic N) is 2. The SMILES string of the molecule is O=C(CC1c2c(F)cccc2-c2cncn21)C1C2CC3CC1CC(O)(C3)C2. The van der Waals surface area contributed by atoms with E-state index in [1.165, 1.54) is 6.07 Å². The summed E-state index contributed by atoms with van der Waals surface area (Å²) in [5.41, 5.74) is 1.84. The van der Waals surface area contributed by atoms with E-state index in [-0.39, 0.29) is 23.6 Å². The Labute approximate surface area is 157 Å². The summed E-state index contributed by atoms with van der Waals surface area (Å²) in [6.45, 7) is 0. The molecule has 140 valence electrons. The van der Waals surface area contributed by atoms with E-state index in [9.17, 15) is 14.3 Å². The molecule has 2 aromatic rings. The second-order valence-corrected chi connectivity index (χ2v) is 9.29. The highest BCUT2D eigenvalue weighted by atomic mass is 19.1. The third-order valence-electron chi connectivity index (χ3n) is 7.67. The van der Waals surface area contributed by atoms with Crippen LogP contribution < -0.4 is 0 Å². The molecule has 3 atom stereocenters. The second-order valence-electron chi connectivity index (χ2n) is 9.29. The van der Waals surface area contributed by atoms with E-state index in [0.29, 0.717) is 29.7 Å². The number of ketones is 1. The van der Waals surface area contributed by atoms with Gasteiger partial charge in [-0.1, -0.05) is 12.1 Å². The molecule has 5 heteroatoms. The van der Waals surface area contributed by atoms with Crippen molar-refractivity contribution in [2.45, 2.75) is 50.2 Å². The molecule has 1 N–H and O–H groups in total. The van der Waals surface area contributed by atoms with E-state index in [1.807, 2.05) is 10.6 Å². The van der Waals surface area contributed by atoms with Crippen molar-refractivity contribution in [3.8, 4) is 11.3 Å². The maximum Gasteiger partial charge on any atom is 0.138 e. The lowest BCUT2D eigenvalue weighted by atomic mass is 9.49. The van der Waals surface area contributed by atoms with Crippen molar-refractivity contribution < 1.29 is 14.3 Å². The van der Waals surface area contributed by atoms with Gasteiger partial charge in [-0.15, -0.1) is 0 Å². The third-order valence-corrected chi connectivity index (χ3v) is 7.67. The lowest BCUT2D eigenvalue weighted by Gasteiger charge is -2.57. The Morgan fingerprint density at radius 2 is 2.04 bits per heavy atom. The first kappa shape index (κ1) is 16.0. The molecule has 5 aliphatic rings. The summed E-state index contributed by atoms with van der Waals surface area (Å²) < 4.78 is 16.6. The lowest BCUT2D eigenvalue weighted by molar-refractivity contribution is -0.164. The van der Waals surface area contributed by atoms with Crippen LogP contribution in [-0.2, 0) is 4.79 Å². The number of carbonyl (C=O) groups excluding carboxylic acids is 1. The van der Waals surface area contributed by atoms with Crippen LogP contribution in [0.3, 0.4) is 0 Å². The van der Waals surface area contributed by atoms with Crippen molar-refractivity contribution in [2.75, 3.05) is 0 Å². The van der Waals surface area contributed by atoms with Gasteiger partial charge in [-0.05, 0) is 55.9 Å². The average molecular weight is 366 g/mol. The van der Waals surface area contributed by atoms with Crippen molar-refractivity contribution in [1.29, 1.82) is 0 Å². The van der Waals surface area contributed by atoms with Crippen LogP contribution in [0.4, 0.5) is 4.39 Å². The first-order valence-electron chi connectivity index (χ1n) is 10.1. The van der Waals surface area contributed by atoms with Gasteiger partial charge in [0.2, 0.25) is 0 Å². The summed E-state index contributed by atoms with van der Waals surface area (Å²) in [5, 5.41) is 10.8. The topological polar surface area (TPSA) is 55.1 Å². The minimum absolute atomic E-state index is 0.0321. The Balaban J connectivity index is 1.33. The number of imidazole rings is 1. The molecule has 4 bridgehead atoms. The zero-order valence-corrected chi connectivity index (χ0v) is 15.1. The van der Waals surface area contributed by atoms with E-state index in [2.05, 4.69) is 4.98 Å². The van der Waals surface area contributed by atoms with E-state index in [1.54, 1.807) is 18.6 Å². The summed E-state index contributed by atoms with van der Waals surface area (Å²) in [6, 6.07) is 4.81. The monoisotopic (exact) mass is 366 g/mol. The Hall–Kier alpha value is -2.01. The highest BCUT2D eigenvalue weighted by molar-refractivity contribution is 5.84. The largest absolute Gasteiger partial charge is 0.390 e. The molecule has 27 heavy (non-hydrogen) atoms. The van der Waals surface area contributed by atoms with Gasteiger partial charge in [-0.2, -0.15) is 0 Å². The van der Waals surface area contributed by atoms with Crippen LogP contribution in [-0.4, -0.2) is 26.0 Å². The minimum atomic E-state index is -0.531. The number of Topliss-reactive ketones (excluding diaryl/α,β-unsaturated/α-hetero) is 1. The van der Waals surface area contributed by atoms with Crippen LogP contribution in [0, 0.1) is 29.5 Å². The van der Waals surface area contributed by atoms with Crippen molar-refractivity contribution >= 4 is 5.78 Å². The second kappa shape index (κ2) is 5.28. The van der Waals surface area contributed by atoms with Crippen molar-refractivity contribution in [3.05, 3.63) is 42.1 Å². The summed E-state index contributed by atoms with van der Waals surface area (Å²) in [6.07, 6.45) is 8.37. The fraction of sp³-hybridized carbons (Fsp3) is 0.545. The zero-order valence-electron chi connectivity index (χ0n) is 15.1. The number of benzene rings is 1. The molecule has 4 nitrogen and oxygen atoms in total. The van der Waals surface area contributed by atoms with Gasteiger partial charge < -0.3 is 9.67 Å². The molecule has 0 amide bonds. The number of carbonyl (C=O) groups is 1. The molecular formula is C22H23FN2O2. The van der Waals surface area contributed by atoms with Crippen LogP contribution in [0.15, 0.2) is 30.7 Å². The molecule has 7 rings (SSSR count). The molecule has 0 spiro atoms. The smallest absolute Gasteiger partial charge is 0.138 e. The molecule has 0 saturated heterocycles. The van der Waals surface area contributed by atoms with Gasteiger partial charge in [0.05, 0.1) is 29.9 Å². The van der Waals surface area contributed by atoms with E-state index in [0.717, 1.165) is 43.4 Å². The summed E-state index contributed by atoms with van der Waals surface area (Å²) >= 11 is 0. The Morgan fingerprint density at radius 1 is 1.26 bits per heavy atom. The molecule has 3 unspecified atom stereocenters. The molecule has 1 aromatic carbocycles. The number of hydrogen-bond acceptors (Lipinski definition) is 3. The number of hydrogen-bond donors (Lipinski definition) is 1. The molecule has 4 aliphatic carbocycles. The number of aliphatic hydroxyl groups is 1. The number of rotatable bonds is 3. The molecule has 2 heterocycles. The van der Waals surface area contributed by atoms with Gasteiger partial charge >= 0.3 is 0 Å². The van der Waals surface area contributed by atoms with Gasteiger partial charge in [0, 0.05) is 23.5 Å². The normalized spacial score (nSPS) is 38.1. The Bertz CT molecular complexity index is 936. The summed E-state index contributed by atoms with van der Waals surface area (Å²) in [7, 11) is 0. The van der Waals surface area contributed by atoms with Gasteiger partial charge in [0.1, 0.15) is 11.6 Å². The lowest BCUT2D eigenvalue weighted by Crippen LogP contribution is -2.56. The number of halogens is 1. The van der Waals surface area contributed by atoms with Crippen molar-refractivity contribution in [1.82, 2.24) is 9.55 Å². The van der Waals surface area contributed by atoms with Gasteiger partial charge in [-0.3, -0.25) is 4.79 Å². The molecule has 4 saturated carbocycles. The van der Waals surface area contributed by atoms with Gasteiger partial charge in [0.25, 0.3) is 0 Å². The van der Waals surface area contributed by atoms with Crippen LogP contribution >= 0.6 is 0 Å². The van der Waals surface area contributed by atoms with Gasteiger partial charge in [0.15, 0.2) is 0 Å². The Kier molecular flexibility index (Phi) is 3.13. The van der Waals surface area contributed by atoms with Crippen molar-refractivity contribution in [3.63, 3.8) is 0 Å². The zero-order chi connectivity index (χ0) is 18.3. The molecule has 1 aliphatic heterocycles. The molecular weight excluding hydrogens is 343 g/mol. The Morgan fingerprint density at radius 3 is 2.78 bits per heavy atom. The molecule has 1 aromatic heterocycles. The van der Waals surface area contributed by atoms with Crippen LogP contribution in [0.5, 0.6) is 0 Å². The van der Waals surface area contributed by atoms with Gasteiger partial charge in [-0.25, -0.2) is 9.37 Å². The fourth-order valence-electron chi connectivity index (χ4n) is 7.03. The first-order chi connectivity index (χ1) is 13.0. The maximum absolute atomic E-state index is 14.6. The quantitative estimate of drug-likeness (QED) is 0.900. The van der Waals surface area contributed by atoms with Crippen LogP contribution in [0.2, 0.25) is 0 Å². The third kappa shape index (κ3) is 2.18. The average Bonchev–Trinajstić information content (AvgIpc) is 3.16. The highest BCUT2D eigenvalue weighted by Gasteiger charge is 2.56. The van der Waals surface area contributed by atoms with E-state index >= 15 is 0 Å². The van der Waals surface area contributed by atoms with E-state index in [4.69, 9.17) is 0 Å². The standard InChI is InChI=1S/C22H23FN2O2/c23-16-3-1-2-15-18-10-24-11-25(18)17(21(15)16)6-19(26)20-13-4-12-5-14(20)9-22(27,7-12)8-13/h1-3,10-14,17,20,27H,4-9H2. The van der Waals surface area contributed by atoms with Crippen LogP contribution in [0.1, 0.15) is 50.1 Å². The number of aromatic nitrogens is 2. The maximum atomic E-state index is 14.6. The van der Waals surface area contributed by atoms with E-state index < -0.39 is 5.60 Å². The number of fused-ring (bicyclic) bond motifs is 3. The van der Waals surface area contributed by atoms with Crippen LogP contribution in [0.25, 0.3) is 11.3 Å². The highest BCUT2D eigenvalue weighted by Crippen LogP contribution is 2.59. The minimum Gasteiger partial charge on any atom is -0.390 e. The van der Waals surface area contributed by atoms with Crippen molar-refractivity contribution in [2.24, 2.45) is 23.7 Å². The summed E-state index contributed by atoms with van der Waals surface area (Å²) in [5.74, 6) is 1.22. The predicted octanol–water partition coefficient (Wildman–Crippen LogP) is 3.74.